The first-order chi connectivity index (χ1) is 7.72. The van der Waals surface area contributed by atoms with Crippen LogP contribution in [0.25, 0.3) is 11.5 Å². The minimum Gasteiger partial charge on any atom is -0.481 e. The zero-order valence-corrected chi connectivity index (χ0v) is 9.43. The molecular weight excluding hydrogens is 206 g/mol. The molecular formula is C10H13N5O. The van der Waals surface area contributed by atoms with E-state index in [2.05, 4.69) is 39.5 Å². The standard InChI is InChI=1S/C10H13N5O/c1-6(2)7-4-5-8(16-3)11-9(7)10-12-14-15-13-10/h4-6H,1-3H3,(H,12,13,14,15). The molecule has 0 spiro atoms. The first-order valence-electron chi connectivity index (χ1n) is 5.01. The van der Waals surface area contributed by atoms with Crippen LogP contribution in [0, 0.1) is 0 Å². The van der Waals surface area contributed by atoms with Crippen LogP contribution in [0.2, 0.25) is 0 Å². The Bertz CT molecular complexity index is 466. The van der Waals surface area contributed by atoms with Gasteiger partial charge in [0.25, 0.3) is 0 Å². The Hall–Kier alpha value is -1.98. The van der Waals surface area contributed by atoms with Crippen molar-refractivity contribution >= 4 is 0 Å². The first-order valence-corrected chi connectivity index (χ1v) is 5.01. The molecule has 0 atom stereocenters. The normalized spacial score (nSPS) is 10.8. The van der Waals surface area contributed by atoms with Crippen LogP contribution >= 0.6 is 0 Å². The average molecular weight is 219 g/mol. The Morgan fingerprint density at radius 1 is 1.31 bits per heavy atom. The van der Waals surface area contributed by atoms with Gasteiger partial charge < -0.3 is 4.74 Å². The Morgan fingerprint density at radius 2 is 2.12 bits per heavy atom. The van der Waals surface area contributed by atoms with Gasteiger partial charge in [-0.15, -0.1) is 10.2 Å². The summed E-state index contributed by atoms with van der Waals surface area (Å²) < 4.78 is 5.09. The number of hydrogen-bond donors (Lipinski definition) is 1. The molecule has 0 bridgehead atoms. The molecule has 0 aliphatic heterocycles. The summed E-state index contributed by atoms with van der Waals surface area (Å²) in [6.07, 6.45) is 0. The lowest BCUT2D eigenvalue weighted by Gasteiger charge is -2.10. The summed E-state index contributed by atoms with van der Waals surface area (Å²) in [4.78, 5) is 4.35. The number of H-pyrrole nitrogens is 1. The molecule has 0 amide bonds. The summed E-state index contributed by atoms with van der Waals surface area (Å²) in [5.41, 5.74) is 1.78. The minimum atomic E-state index is 0.340. The number of rotatable bonds is 3. The molecule has 0 aliphatic carbocycles. The summed E-state index contributed by atoms with van der Waals surface area (Å²) in [7, 11) is 1.58. The third-order valence-electron chi connectivity index (χ3n) is 2.29. The second kappa shape index (κ2) is 4.26. The van der Waals surface area contributed by atoms with Crippen molar-refractivity contribution in [2.75, 3.05) is 7.11 Å². The lowest BCUT2D eigenvalue weighted by molar-refractivity contribution is 0.398. The minimum absolute atomic E-state index is 0.340. The number of hydrogen-bond acceptors (Lipinski definition) is 5. The van der Waals surface area contributed by atoms with Crippen molar-refractivity contribution in [1.29, 1.82) is 0 Å². The van der Waals surface area contributed by atoms with Gasteiger partial charge in [0.15, 0.2) is 0 Å². The lowest BCUT2D eigenvalue weighted by atomic mass is 10.0. The van der Waals surface area contributed by atoms with Gasteiger partial charge in [0, 0.05) is 6.07 Å². The van der Waals surface area contributed by atoms with Crippen molar-refractivity contribution in [1.82, 2.24) is 25.6 Å². The topological polar surface area (TPSA) is 76.6 Å². The predicted octanol–water partition coefficient (Wildman–Crippen LogP) is 1.39. The summed E-state index contributed by atoms with van der Waals surface area (Å²) in [6.45, 7) is 4.18. The van der Waals surface area contributed by atoms with E-state index in [0.717, 1.165) is 5.56 Å². The lowest BCUT2D eigenvalue weighted by Crippen LogP contribution is -1.99. The molecule has 0 fully saturated rings. The monoisotopic (exact) mass is 219 g/mol. The molecule has 0 aliphatic rings. The number of methoxy groups -OCH3 is 1. The van der Waals surface area contributed by atoms with E-state index in [-0.39, 0.29) is 0 Å². The molecule has 2 aromatic heterocycles. The molecule has 84 valence electrons. The van der Waals surface area contributed by atoms with Crippen LogP contribution < -0.4 is 4.74 Å². The maximum absolute atomic E-state index is 5.09. The summed E-state index contributed by atoms with van der Waals surface area (Å²) in [5, 5.41) is 13.8. The van der Waals surface area contributed by atoms with Crippen LogP contribution in [-0.2, 0) is 0 Å². The zero-order valence-electron chi connectivity index (χ0n) is 9.43. The Kier molecular flexibility index (Phi) is 2.80. The zero-order chi connectivity index (χ0) is 11.5. The second-order valence-corrected chi connectivity index (χ2v) is 3.68. The van der Waals surface area contributed by atoms with Crippen LogP contribution in [0.1, 0.15) is 25.3 Å². The molecule has 0 saturated heterocycles. The summed E-state index contributed by atoms with van der Waals surface area (Å²) >= 11 is 0. The molecule has 0 saturated carbocycles. The second-order valence-electron chi connectivity index (χ2n) is 3.68. The highest BCUT2D eigenvalue weighted by Crippen LogP contribution is 2.26. The number of nitrogens with zero attached hydrogens (tertiary/aromatic N) is 4. The van der Waals surface area contributed by atoms with Crippen LogP contribution in [0.4, 0.5) is 0 Å². The Labute approximate surface area is 93.1 Å². The molecule has 2 aromatic rings. The molecule has 1 N–H and O–H groups in total. The van der Waals surface area contributed by atoms with E-state index in [1.54, 1.807) is 7.11 Å². The molecule has 0 aromatic carbocycles. The van der Waals surface area contributed by atoms with E-state index in [0.29, 0.717) is 23.3 Å². The largest absolute Gasteiger partial charge is 0.481 e. The third-order valence-corrected chi connectivity index (χ3v) is 2.29. The fraction of sp³-hybridized carbons (Fsp3) is 0.400. The molecule has 6 heteroatoms. The van der Waals surface area contributed by atoms with Crippen LogP contribution in [0.3, 0.4) is 0 Å². The van der Waals surface area contributed by atoms with E-state index in [1.807, 2.05) is 12.1 Å². The maximum atomic E-state index is 5.09. The highest BCUT2D eigenvalue weighted by atomic mass is 16.5. The van der Waals surface area contributed by atoms with Crippen LogP contribution in [0.5, 0.6) is 5.88 Å². The van der Waals surface area contributed by atoms with Gasteiger partial charge in [-0.05, 0) is 16.7 Å². The van der Waals surface area contributed by atoms with Crippen LogP contribution in [-0.4, -0.2) is 32.7 Å². The number of ether oxygens (including phenoxy) is 1. The van der Waals surface area contributed by atoms with Crippen molar-refractivity contribution in [3.63, 3.8) is 0 Å². The smallest absolute Gasteiger partial charge is 0.223 e. The third kappa shape index (κ3) is 1.86. The number of pyridine rings is 1. The summed E-state index contributed by atoms with van der Waals surface area (Å²) in [6, 6.07) is 3.81. The number of nitrogens with one attached hydrogen (secondary N) is 1. The quantitative estimate of drug-likeness (QED) is 0.844. The molecule has 0 unspecified atom stereocenters. The van der Waals surface area contributed by atoms with Crippen molar-refractivity contribution in [3.05, 3.63) is 17.7 Å². The van der Waals surface area contributed by atoms with E-state index < -0.39 is 0 Å². The van der Waals surface area contributed by atoms with Gasteiger partial charge in [0.1, 0.15) is 5.69 Å². The van der Waals surface area contributed by atoms with E-state index >= 15 is 0 Å². The Morgan fingerprint density at radius 3 is 2.69 bits per heavy atom. The fourth-order valence-electron chi connectivity index (χ4n) is 1.47. The highest BCUT2D eigenvalue weighted by molar-refractivity contribution is 5.56. The molecule has 2 rings (SSSR count). The van der Waals surface area contributed by atoms with Gasteiger partial charge in [0.05, 0.1) is 7.11 Å². The molecule has 6 nitrogen and oxygen atoms in total. The number of tetrazole rings is 1. The predicted molar refractivity (Wildman–Crippen MR) is 58.0 cm³/mol. The maximum Gasteiger partial charge on any atom is 0.223 e. The molecule has 0 radical (unpaired) electrons. The highest BCUT2D eigenvalue weighted by Gasteiger charge is 2.14. The van der Waals surface area contributed by atoms with Crippen LogP contribution in [0.15, 0.2) is 12.1 Å². The van der Waals surface area contributed by atoms with E-state index in [1.165, 1.54) is 0 Å². The van der Waals surface area contributed by atoms with Crippen molar-refractivity contribution < 1.29 is 4.74 Å². The van der Waals surface area contributed by atoms with Crippen molar-refractivity contribution in [3.8, 4) is 17.4 Å². The van der Waals surface area contributed by atoms with Gasteiger partial charge in [-0.2, -0.15) is 5.21 Å². The SMILES string of the molecule is COc1ccc(C(C)C)c(-c2nn[nH]n2)n1. The summed E-state index contributed by atoms with van der Waals surface area (Å²) in [5.74, 6) is 1.37. The van der Waals surface area contributed by atoms with Gasteiger partial charge in [0.2, 0.25) is 11.7 Å². The first kappa shape index (κ1) is 10.5. The Balaban J connectivity index is 2.55. The fourth-order valence-corrected chi connectivity index (χ4v) is 1.47. The number of aromatic amines is 1. The van der Waals surface area contributed by atoms with E-state index in [9.17, 15) is 0 Å². The number of aromatic nitrogens is 5. The van der Waals surface area contributed by atoms with Gasteiger partial charge in [-0.25, -0.2) is 4.98 Å². The van der Waals surface area contributed by atoms with Gasteiger partial charge in [-0.3, -0.25) is 0 Å². The average Bonchev–Trinajstić information content (AvgIpc) is 2.81. The van der Waals surface area contributed by atoms with Crippen molar-refractivity contribution in [2.45, 2.75) is 19.8 Å². The molecule has 2 heterocycles. The van der Waals surface area contributed by atoms with Crippen molar-refractivity contribution in [2.24, 2.45) is 0 Å². The molecule has 16 heavy (non-hydrogen) atoms. The van der Waals surface area contributed by atoms with Gasteiger partial charge in [-0.1, -0.05) is 19.9 Å². The van der Waals surface area contributed by atoms with Gasteiger partial charge >= 0.3 is 0 Å². The van der Waals surface area contributed by atoms with E-state index in [4.69, 9.17) is 4.74 Å².